The molecule has 0 spiro atoms. The summed E-state index contributed by atoms with van der Waals surface area (Å²) in [6.45, 7) is 0.632. The minimum Gasteiger partial charge on any atom is -0.493 e. The molecule has 28 heavy (non-hydrogen) atoms. The van der Waals surface area contributed by atoms with E-state index in [0.717, 1.165) is 41.7 Å². The normalized spacial score (nSPS) is 15.2. The molecule has 3 aromatic rings. The summed E-state index contributed by atoms with van der Waals surface area (Å²) in [7, 11) is 1.78. The summed E-state index contributed by atoms with van der Waals surface area (Å²) < 4.78 is 9.70. The molecule has 1 saturated carbocycles. The average molecular weight is 381 g/mol. The first-order valence-electron chi connectivity index (χ1n) is 10.2. The molecule has 0 aliphatic heterocycles. The summed E-state index contributed by atoms with van der Waals surface area (Å²) in [6.07, 6.45) is 9.03. The highest BCUT2D eigenvalue weighted by Crippen LogP contribution is 2.28. The molecule has 7 nitrogen and oxygen atoms in total. The van der Waals surface area contributed by atoms with Crippen molar-refractivity contribution in [3.05, 3.63) is 46.5 Å². The van der Waals surface area contributed by atoms with E-state index in [-0.39, 0.29) is 5.56 Å². The van der Waals surface area contributed by atoms with E-state index >= 15 is 0 Å². The maximum Gasteiger partial charge on any atom is 0.250 e. The molecule has 0 bridgehead atoms. The van der Waals surface area contributed by atoms with Gasteiger partial charge in [-0.25, -0.2) is 4.68 Å². The Labute approximate surface area is 164 Å². The Morgan fingerprint density at radius 3 is 2.82 bits per heavy atom. The van der Waals surface area contributed by atoms with Crippen molar-refractivity contribution in [1.82, 2.24) is 24.8 Å². The Morgan fingerprint density at radius 2 is 1.96 bits per heavy atom. The maximum atomic E-state index is 11.8. The fourth-order valence-electron chi connectivity index (χ4n) is 4.06. The lowest BCUT2D eigenvalue weighted by atomic mass is 9.95. The Kier molecular flexibility index (Phi) is 5.69. The third-order valence-electron chi connectivity index (χ3n) is 5.66. The lowest BCUT2D eigenvalue weighted by Crippen LogP contribution is -2.17. The molecule has 7 heteroatoms. The maximum absolute atomic E-state index is 11.8. The number of tetrazole rings is 1. The summed E-state index contributed by atoms with van der Waals surface area (Å²) >= 11 is 0. The van der Waals surface area contributed by atoms with E-state index in [4.69, 9.17) is 4.74 Å². The number of aryl methyl sites for hydroxylation is 2. The number of ether oxygens (including phenoxy) is 1. The molecule has 1 aromatic carbocycles. The molecule has 0 amide bonds. The molecule has 1 aliphatic rings. The van der Waals surface area contributed by atoms with Crippen molar-refractivity contribution < 1.29 is 4.74 Å². The van der Waals surface area contributed by atoms with Crippen LogP contribution >= 0.6 is 0 Å². The molecule has 0 radical (unpaired) electrons. The van der Waals surface area contributed by atoms with Crippen LogP contribution in [0, 0.1) is 0 Å². The van der Waals surface area contributed by atoms with Crippen LogP contribution in [0.5, 0.6) is 5.75 Å². The molecule has 0 saturated heterocycles. The zero-order valence-corrected chi connectivity index (χ0v) is 16.4. The fraction of sp³-hybridized carbons (Fsp3) is 0.524. The van der Waals surface area contributed by atoms with Crippen molar-refractivity contribution in [2.45, 2.75) is 57.4 Å². The molecule has 2 aromatic heterocycles. The Hall–Kier alpha value is -2.70. The fourth-order valence-corrected chi connectivity index (χ4v) is 4.06. The number of unbranched alkanes of at least 4 members (excludes halogenated alkanes) is 1. The van der Waals surface area contributed by atoms with Gasteiger partial charge in [-0.05, 0) is 54.3 Å². The van der Waals surface area contributed by atoms with Gasteiger partial charge in [0.15, 0.2) is 5.82 Å². The summed E-state index contributed by atoms with van der Waals surface area (Å²) in [5.41, 5.74) is 0.872. The standard InChI is InChI=1S/C21H27N5O2/c1-25-18-10-7-11-19(17(18)13-14-21(25)27)28-15-6-5-12-20-22-23-24-26(20)16-8-3-2-4-9-16/h7,10-11,13-14,16H,2-6,8-9,12,15H2,1H3. The zero-order chi connectivity index (χ0) is 19.3. The number of aromatic nitrogens is 5. The van der Waals surface area contributed by atoms with Crippen molar-refractivity contribution in [3.8, 4) is 5.75 Å². The van der Waals surface area contributed by atoms with Gasteiger partial charge in [0.2, 0.25) is 0 Å². The van der Waals surface area contributed by atoms with E-state index in [0.29, 0.717) is 12.6 Å². The number of rotatable bonds is 7. The van der Waals surface area contributed by atoms with Crippen LogP contribution < -0.4 is 10.3 Å². The third kappa shape index (κ3) is 3.93. The van der Waals surface area contributed by atoms with E-state index in [2.05, 4.69) is 15.5 Å². The van der Waals surface area contributed by atoms with Gasteiger partial charge in [0, 0.05) is 24.9 Å². The van der Waals surface area contributed by atoms with Crippen LogP contribution in [0.3, 0.4) is 0 Å². The van der Waals surface area contributed by atoms with E-state index in [1.54, 1.807) is 17.7 Å². The number of pyridine rings is 1. The zero-order valence-electron chi connectivity index (χ0n) is 16.4. The van der Waals surface area contributed by atoms with Crippen molar-refractivity contribution in [2.24, 2.45) is 7.05 Å². The summed E-state index contributed by atoms with van der Waals surface area (Å²) in [5.74, 6) is 1.81. The summed E-state index contributed by atoms with van der Waals surface area (Å²) in [5, 5.41) is 13.3. The van der Waals surface area contributed by atoms with Crippen molar-refractivity contribution >= 4 is 10.9 Å². The van der Waals surface area contributed by atoms with Crippen LogP contribution in [0.25, 0.3) is 10.9 Å². The van der Waals surface area contributed by atoms with Gasteiger partial charge in [-0.3, -0.25) is 4.79 Å². The van der Waals surface area contributed by atoms with E-state index in [1.165, 1.54) is 32.1 Å². The molecule has 0 atom stereocenters. The number of fused-ring (bicyclic) bond motifs is 1. The average Bonchev–Trinajstić information content (AvgIpc) is 3.20. The smallest absolute Gasteiger partial charge is 0.250 e. The first-order chi connectivity index (χ1) is 13.7. The molecular formula is C21H27N5O2. The van der Waals surface area contributed by atoms with Crippen molar-refractivity contribution in [1.29, 1.82) is 0 Å². The molecule has 1 aliphatic carbocycles. The van der Waals surface area contributed by atoms with Gasteiger partial charge >= 0.3 is 0 Å². The monoisotopic (exact) mass is 381 g/mol. The number of nitrogens with zero attached hydrogens (tertiary/aromatic N) is 5. The Bertz CT molecular complexity index is 988. The predicted molar refractivity (Wildman–Crippen MR) is 108 cm³/mol. The van der Waals surface area contributed by atoms with Crippen molar-refractivity contribution in [3.63, 3.8) is 0 Å². The second kappa shape index (κ2) is 8.54. The molecule has 0 unspecified atom stereocenters. The summed E-state index contributed by atoms with van der Waals surface area (Å²) in [4.78, 5) is 11.8. The van der Waals surface area contributed by atoms with Crippen LogP contribution in [0.2, 0.25) is 0 Å². The second-order valence-electron chi connectivity index (χ2n) is 7.56. The Morgan fingerprint density at radius 1 is 1.11 bits per heavy atom. The first kappa shape index (κ1) is 18.7. The molecule has 4 rings (SSSR count). The third-order valence-corrected chi connectivity index (χ3v) is 5.66. The van der Waals surface area contributed by atoms with Crippen LogP contribution in [-0.4, -0.2) is 31.4 Å². The molecule has 0 N–H and O–H groups in total. The van der Waals surface area contributed by atoms with E-state index in [1.807, 2.05) is 28.9 Å². The van der Waals surface area contributed by atoms with Crippen LogP contribution in [-0.2, 0) is 13.5 Å². The SMILES string of the molecule is Cn1c(=O)ccc2c(OCCCCc3nnnn3C3CCCCC3)cccc21. The predicted octanol–water partition coefficient (Wildman–Crippen LogP) is 3.43. The second-order valence-corrected chi connectivity index (χ2v) is 7.56. The topological polar surface area (TPSA) is 74.8 Å². The molecule has 148 valence electrons. The quantitative estimate of drug-likeness (QED) is 0.586. The van der Waals surface area contributed by atoms with E-state index < -0.39 is 0 Å². The highest BCUT2D eigenvalue weighted by molar-refractivity contribution is 5.85. The molecule has 1 fully saturated rings. The molecule has 2 heterocycles. The van der Waals surface area contributed by atoms with Crippen LogP contribution in [0.4, 0.5) is 0 Å². The van der Waals surface area contributed by atoms with Crippen molar-refractivity contribution in [2.75, 3.05) is 6.61 Å². The highest BCUT2D eigenvalue weighted by Gasteiger charge is 2.19. The summed E-state index contributed by atoms with van der Waals surface area (Å²) in [6, 6.07) is 9.71. The van der Waals surface area contributed by atoms with Gasteiger partial charge in [0.25, 0.3) is 5.56 Å². The minimum atomic E-state index is -0.0136. The van der Waals surface area contributed by atoms with Gasteiger partial charge < -0.3 is 9.30 Å². The lowest BCUT2D eigenvalue weighted by Gasteiger charge is -2.22. The number of hydrogen-bond donors (Lipinski definition) is 0. The number of hydrogen-bond acceptors (Lipinski definition) is 5. The first-order valence-corrected chi connectivity index (χ1v) is 10.2. The van der Waals surface area contributed by atoms with Gasteiger partial charge in [-0.2, -0.15) is 0 Å². The Balaban J connectivity index is 1.31. The van der Waals surface area contributed by atoms with Gasteiger partial charge in [0.05, 0.1) is 18.2 Å². The van der Waals surface area contributed by atoms with Gasteiger partial charge in [-0.15, -0.1) is 5.10 Å². The van der Waals surface area contributed by atoms with Crippen LogP contribution in [0.1, 0.15) is 56.8 Å². The minimum absolute atomic E-state index is 0.0136. The largest absolute Gasteiger partial charge is 0.493 e. The van der Waals surface area contributed by atoms with Crippen LogP contribution in [0.15, 0.2) is 35.1 Å². The number of benzene rings is 1. The van der Waals surface area contributed by atoms with Gasteiger partial charge in [-0.1, -0.05) is 25.3 Å². The molecular weight excluding hydrogens is 354 g/mol. The van der Waals surface area contributed by atoms with Gasteiger partial charge in [0.1, 0.15) is 5.75 Å². The highest BCUT2D eigenvalue weighted by atomic mass is 16.5. The van der Waals surface area contributed by atoms with E-state index in [9.17, 15) is 4.79 Å². The lowest BCUT2D eigenvalue weighted by molar-refractivity contribution is 0.303.